The number of halogens is 1. The van der Waals surface area contributed by atoms with Crippen LogP contribution < -0.4 is 0 Å². The van der Waals surface area contributed by atoms with Crippen LogP contribution in [0.4, 0.5) is 0 Å². The Morgan fingerprint density at radius 1 is 1.21 bits per heavy atom. The lowest BCUT2D eigenvalue weighted by Crippen LogP contribution is -1.95. The van der Waals surface area contributed by atoms with Crippen molar-refractivity contribution in [1.82, 2.24) is 19.9 Å². The minimum absolute atomic E-state index is 0.116. The van der Waals surface area contributed by atoms with Gasteiger partial charge in [-0.15, -0.1) is 11.6 Å². The molecule has 3 rings (SSSR count). The summed E-state index contributed by atoms with van der Waals surface area (Å²) >= 11 is 5.72. The van der Waals surface area contributed by atoms with Gasteiger partial charge in [-0.05, 0) is 25.1 Å². The Balaban J connectivity index is 2.15. The highest BCUT2D eigenvalue weighted by molar-refractivity contribution is 6.16. The molecule has 3 heterocycles. The summed E-state index contributed by atoms with van der Waals surface area (Å²) in [6.45, 7) is 3.82. The van der Waals surface area contributed by atoms with Crippen molar-refractivity contribution in [3.63, 3.8) is 0 Å². The molecular formula is C13H10ClN4O. The van der Waals surface area contributed by atoms with Crippen molar-refractivity contribution in [2.75, 3.05) is 0 Å². The average Bonchev–Trinajstić information content (AvgIpc) is 2.76. The third kappa shape index (κ3) is 2.24. The van der Waals surface area contributed by atoms with Crippen LogP contribution >= 0.6 is 11.6 Å². The number of nitrogens with one attached hydrogen (secondary N) is 1. The Labute approximate surface area is 114 Å². The van der Waals surface area contributed by atoms with Gasteiger partial charge >= 0.3 is 0 Å². The predicted octanol–water partition coefficient (Wildman–Crippen LogP) is 2.65. The number of aromatic amines is 1. The highest BCUT2D eigenvalue weighted by Gasteiger charge is 2.09. The van der Waals surface area contributed by atoms with E-state index in [0.717, 1.165) is 16.7 Å². The zero-order chi connectivity index (χ0) is 13.4. The Kier molecular flexibility index (Phi) is 2.83. The molecule has 95 valence electrons. The fraction of sp³-hybridized carbons (Fsp3) is 0.0769. The van der Waals surface area contributed by atoms with Gasteiger partial charge in [-0.2, -0.15) is 4.98 Å². The summed E-state index contributed by atoms with van der Waals surface area (Å²) in [5.41, 5.74) is 3.60. The maximum atomic E-state index is 9.55. The molecule has 5 nitrogen and oxygen atoms in total. The maximum absolute atomic E-state index is 9.55. The van der Waals surface area contributed by atoms with E-state index in [1.54, 1.807) is 6.07 Å². The SMILES string of the molecule is [CH2]c1cc2nc(-c3nc(O)cc(CCl)n3)ccc2[nH]1. The van der Waals surface area contributed by atoms with Crippen LogP contribution in [-0.4, -0.2) is 25.0 Å². The summed E-state index contributed by atoms with van der Waals surface area (Å²) in [5, 5.41) is 9.55. The lowest BCUT2D eigenvalue weighted by Gasteiger charge is -2.02. The normalized spacial score (nSPS) is 11.1. The number of alkyl halides is 1. The first-order valence-corrected chi connectivity index (χ1v) is 6.14. The molecule has 0 aromatic carbocycles. The second kappa shape index (κ2) is 4.51. The maximum Gasteiger partial charge on any atom is 0.214 e. The number of aromatic nitrogens is 4. The molecule has 19 heavy (non-hydrogen) atoms. The van der Waals surface area contributed by atoms with Gasteiger partial charge < -0.3 is 10.1 Å². The van der Waals surface area contributed by atoms with Gasteiger partial charge in [0, 0.05) is 11.8 Å². The van der Waals surface area contributed by atoms with E-state index in [-0.39, 0.29) is 11.8 Å². The van der Waals surface area contributed by atoms with Crippen LogP contribution in [0, 0.1) is 6.92 Å². The molecule has 0 aliphatic rings. The first-order valence-electron chi connectivity index (χ1n) is 5.60. The number of nitrogens with zero attached hydrogens (tertiary/aromatic N) is 3. The van der Waals surface area contributed by atoms with Gasteiger partial charge in [0.15, 0.2) is 5.82 Å². The highest BCUT2D eigenvalue weighted by Crippen LogP contribution is 2.21. The Morgan fingerprint density at radius 2 is 2.05 bits per heavy atom. The van der Waals surface area contributed by atoms with Gasteiger partial charge in [-0.1, -0.05) is 0 Å². The van der Waals surface area contributed by atoms with E-state index >= 15 is 0 Å². The number of fused-ring (bicyclic) bond motifs is 1. The van der Waals surface area contributed by atoms with E-state index in [1.807, 2.05) is 12.1 Å². The van der Waals surface area contributed by atoms with E-state index in [2.05, 4.69) is 26.9 Å². The minimum atomic E-state index is -0.116. The molecule has 0 aliphatic heterocycles. The topological polar surface area (TPSA) is 74.7 Å². The van der Waals surface area contributed by atoms with E-state index in [1.165, 1.54) is 6.07 Å². The molecule has 0 aliphatic carbocycles. The summed E-state index contributed by atoms with van der Waals surface area (Å²) in [6, 6.07) is 6.93. The van der Waals surface area contributed by atoms with Gasteiger partial charge in [0.2, 0.25) is 5.88 Å². The molecule has 1 radical (unpaired) electrons. The molecule has 0 spiro atoms. The average molecular weight is 274 g/mol. The monoisotopic (exact) mass is 273 g/mol. The van der Waals surface area contributed by atoms with Gasteiger partial charge in [0.25, 0.3) is 0 Å². The Hall–Kier alpha value is -2.14. The molecular weight excluding hydrogens is 264 g/mol. The van der Waals surface area contributed by atoms with Gasteiger partial charge in [-0.3, -0.25) is 0 Å². The van der Waals surface area contributed by atoms with Crippen molar-refractivity contribution in [3.05, 3.63) is 42.6 Å². The fourth-order valence-corrected chi connectivity index (χ4v) is 1.99. The zero-order valence-corrected chi connectivity index (χ0v) is 10.6. The summed E-state index contributed by atoms with van der Waals surface area (Å²) in [4.78, 5) is 15.7. The van der Waals surface area contributed by atoms with Crippen LogP contribution in [0.15, 0.2) is 24.3 Å². The van der Waals surface area contributed by atoms with Crippen molar-refractivity contribution in [1.29, 1.82) is 0 Å². The number of hydrogen-bond acceptors (Lipinski definition) is 4. The van der Waals surface area contributed by atoms with Crippen LogP contribution in [0.3, 0.4) is 0 Å². The predicted molar refractivity (Wildman–Crippen MR) is 72.8 cm³/mol. The first kappa shape index (κ1) is 11.9. The number of pyridine rings is 1. The second-order valence-corrected chi connectivity index (χ2v) is 4.37. The quantitative estimate of drug-likeness (QED) is 0.704. The van der Waals surface area contributed by atoms with Crippen molar-refractivity contribution >= 4 is 22.6 Å². The third-order valence-electron chi connectivity index (χ3n) is 2.66. The molecule has 2 N–H and O–H groups in total. The highest BCUT2D eigenvalue weighted by atomic mass is 35.5. The molecule has 6 heteroatoms. The number of H-pyrrole nitrogens is 1. The van der Waals surface area contributed by atoms with Gasteiger partial charge in [0.05, 0.1) is 22.6 Å². The molecule has 0 atom stereocenters. The van der Waals surface area contributed by atoms with E-state index < -0.39 is 0 Å². The Bertz CT molecular complexity index is 753. The fourth-order valence-electron chi connectivity index (χ4n) is 1.86. The van der Waals surface area contributed by atoms with Gasteiger partial charge in [-0.25, -0.2) is 9.97 Å². The van der Waals surface area contributed by atoms with Crippen LogP contribution in [-0.2, 0) is 5.88 Å². The third-order valence-corrected chi connectivity index (χ3v) is 2.94. The van der Waals surface area contributed by atoms with Crippen LogP contribution in [0.1, 0.15) is 11.4 Å². The summed E-state index contributed by atoms with van der Waals surface area (Å²) in [5.74, 6) is 0.442. The lowest BCUT2D eigenvalue weighted by atomic mass is 10.3. The van der Waals surface area contributed by atoms with Crippen LogP contribution in [0.5, 0.6) is 5.88 Å². The van der Waals surface area contributed by atoms with E-state index in [4.69, 9.17) is 11.6 Å². The standard InChI is InChI=1S/C13H10ClN4O/c1-7-4-11-9(15-7)2-3-10(17-11)13-16-8(6-14)5-12(19)18-13/h2-5,15H,1,6H2,(H,16,18,19). The Morgan fingerprint density at radius 3 is 2.84 bits per heavy atom. The van der Waals surface area contributed by atoms with Crippen molar-refractivity contribution in [2.45, 2.75) is 5.88 Å². The largest absolute Gasteiger partial charge is 0.493 e. The molecule has 0 saturated carbocycles. The van der Waals surface area contributed by atoms with Crippen molar-refractivity contribution in [2.24, 2.45) is 0 Å². The number of aromatic hydroxyl groups is 1. The van der Waals surface area contributed by atoms with E-state index in [0.29, 0.717) is 17.2 Å². The second-order valence-electron chi connectivity index (χ2n) is 4.10. The first-order chi connectivity index (χ1) is 9.15. The van der Waals surface area contributed by atoms with Crippen molar-refractivity contribution in [3.8, 4) is 17.4 Å². The van der Waals surface area contributed by atoms with Crippen molar-refractivity contribution < 1.29 is 5.11 Å². The molecule has 0 saturated heterocycles. The molecule has 0 unspecified atom stereocenters. The molecule has 0 amide bonds. The van der Waals surface area contributed by atoms with Crippen LogP contribution in [0.2, 0.25) is 0 Å². The molecule has 3 aromatic rings. The minimum Gasteiger partial charge on any atom is -0.493 e. The lowest BCUT2D eigenvalue weighted by molar-refractivity contribution is 0.452. The zero-order valence-electron chi connectivity index (χ0n) is 9.89. The molecule has 3 aromatic heterocycles. The summed E-state index contributed by atoms with van der Waals surface area (Å²) in [6.07, 6.45) is 0. The number of rotatable bonds is 2. The number of hydrogen-bond donors (Lipinski definition) is 2. The molecule has 0 bridgehead atoms. The molecule has 0 fully saturated rings. The van der Waals surface area contributed by atoms with E-state index in [9.17, 15) is 5.11 Å². The smallest absolute Gasteiger partial charge is 0.214 e. The van der Waals surface area contributed by atoms with Crippen LogP contribution in [0.25, 0.3) is 22.6 Å². The summed E-state index contributed by atoms with van der Waals surface area (Å²) < 4.78 is 0. The summed E-state index contributed by atoms with van der Waals surface area (Å²) in [7, 11) is 0. The van der Waals surface area contributed by atoms with Gasteiger partial charge in [0.1, 0.15) is 5.69 Å².